The van der Waals surface area contributed by atoms with Gasteiger partial charge in [-0.05, 0) is 68.3 Å². The highest BCUT2D eigenvalue weighted by Gasteiger charge is 2.21. The number of benzene rings is 3. The Balaban J connectivity index is 0.00000370. The fraction of sp³-hybridized carbons (Fsp3) is 0.310. The first kappa shape index (κ1) is 29.8. The number of anilines is 2. The van der Waals surface area contributed by atoms with E-state index in [4.69, 9.17) is 4.98 Å². The lowest BCUT2D eigenvalue weighted by atomic mass is 10.1. The molecule has 1 aromatic heterocycles. The summed E-state index contributed by atoms with van der Waals surface area (Å²) in [4.78, 5) is 22.4. The molecule has 0 atom stereocenters. The van der Waals surface area contributed by atoms with Crippen molar-refractivity contribution < 1.29 is 13.2 Å². The minimum absolute atomic E-state index is 0. The zero-order chi connectivity index (χ0) is 27.6. The number of amides is 1. The Bertz CT molecular complexity index is 1540. The molecule has 0 bridgehead atoms. The quantitative estimate of drug-likeness (QED) is 0.296. The van der Waals surface area contributed by atoms with Gasteiger partial charge in [-0.1, -0.05) is 41.2 Å². The van der Waals surface area contributed by atoms with Gasteiger partial charge in [0.2, 0.25) is 0 Å². The monoisotopic (exact) mass is 599 g/mol. The van der Waals surface area contributed by atoms with Crippen LogP contribution >= 0.6 is 23.7 Å². The van der Waals surface area contributed by atoms with E-state index in [1.165, 1.54) is 15.8 Å². The number of halogens is 1. The van der Waals surface area contributed by atoms with Crippen LogP contribution in [0.2, 0.25) is 0 Å². The number of aromatic nitrogens is 1. The molecule has 1 fully saturated rings. The van der Waals surface area contributed by atoms with E-state index in [9.17, 15) is 13.2 Å². The Labute approximate surface area is 245 Å². The van der Waals surface area contributed by atoms with Crippen molar-refractivity contribution in [1.29, 1.82) is 0 Å². The van der Waals surface area contributed by atoms with E-state index >= 15 is 0 Å². The molecule has 5 rings (SSSR count). The third-order valence-electron chi connectivity index (χ3n) is 7.02. The fourth-order valence-electron chi connectivity index (χ4n) is 4.60. The summed E-state index contributed by atoms with van der Waals surface area (Å²) >= 11 is 1.77. The van der Waals surface area contributed by atoms with Gasteiger partial charge in [0, 0.05) is 50.5 Å². The molecular formula is C29H34ClN5O3S2. The first-order valence-electron chi connectivity index (χ1n) is 13.0. The van der Waals surface area contributed by atoms with Crippen molar-refractivity contribution in [2.24, 2.45) is 0 Å². The summed E-state index contributed by atoms with van der Waals surface area (Å²) in [6, 6.07) is 17.4. The summed E-state index contributed by atoms with van der Waals surface area (Å²) < 4.78 is 29.0. The highest BCUT2D eigenvalue weighted by molar-refractivity contribution is 7.92. The SMILES string of the molecule is Cc1ccc(S(=O)(=O)Nc2ccc(C(=O)NCCN3CCN(c4nc5c(C)ccc(C)c5s4)CC3)cc2)cc1.Cl. The molecule has 212 valence electrons. The lowest BCUT2D eigenvalue weighted by Crippen LogP contribution is -2.48. The second kappa shape index (κ2) is 12.6. The normalized spacial score (nSPS) is 14.1. The van der Waals surface area contributed by atoms with E-state index < -0.39 is 10.0 Å². The molecule has 2 heterocycles. The average molecular weight is 600 g/mol. The molecule has 11 heteroatoms. The first-order chi connectivity index (χ1) is 18.7. The topological polar surface area (TPSA) is 94.6 Å². The molecule has 1 amide bonds. The molecule has 40 heavy (non-hydrogen) atoms. The Morgan fingerprint density at radius 1 is 0.900 bits per heavy atom. The van der Waals surface area contributed by atoms with Crippen LogP contribution in [0.1, 0.15) is 27.0 Å². The molecule has 0 spiro atoms. The maximum absolute atomic E-state index is 12.6. The van der Waals surface area contributed by atoms with Gasteiger partial charge in [0.15, 0.2) is 5.13 Å². The van der Waals surface area contributed by atoms with E-state index in [0.29, 0.717) is 17.8 Å². The smallest absolute Gasteiger partial charge is 0.261 e. The third kappa shape index (κ3) is 6.75. The molecule has 8 nitrogen and oxygen atoms in total. The highest BCUT2D eigenvalue weighted by Crippen LogP contribution is 2.33. The van der Waals surface area contributed by atoms with Crippen molar-refractivity contribution >= 4 is 60.7 Å². The Kier molecular flexibility index (Phi) is 9.35. The van der Waals surface area contributed by atoms with E-state index in [-0.39, 0.29) is 23.2 Å². The minimum Gasteiger partial charge on any atom is -0.351 e. The summed E-state index contributed by atoms with van der Waals surface area (Å²) in [6.07, 6.45) is 0. The minimum atomic E-state index is -3.69. The standard InChI is InChI=1S/C29H33N5O3S2.ClH/c1-20-4-12-25(13-5-20)39(36,37)32-24-10-8-23(9-11-24)28(35)30-14-15-33-16-18-34(19-17-33)29-31-26-21(2)6-7-22(3)27(26)38-29;/h4-13,32H,14-19H2,1-3H3,(H,30,35);1H. The highest BCUT2D eigenvalue weighted by atomic mass is 35.5. The van der Waals surface area contributed by atoms with Crippen molar-refractivity contribution in [3.05, 3.63) is 82.9 Å². The van der Waals surface area contributed by atoms with Crippen LogP contribution in [0.25, 0.3) is 10.2 Å². The summed E-state index contributed by atoms with van der Waals surface area (Å²) in [7, 11) is -3.69. The molecule has 0 aliphatic carbocycles. The number of hydrogen-bond acceptors (Lipinski definition) is 7. The van der Waals surface area contributed by atoms with Gasteiger partial charge >= 0.3 is 0 Å². The van der Waals surface area contributed by atoms with E-state index in [1.807, 2.05) is 6.92 Å². The lowest BCUT2D eigenvalue weighted by Gasteiger charge is -2.34. The number of thiazole rings is 1. The molecule has 0 radical (unpaired) electrons. The molecule has 0 saturated carbocycles. The maximum Gasteiger partial charge on any atom is 0.261 e. The van der Waals surface area contributed by atoms with Gasteiger partial charge in [-0.15, -0.1) is 12.4 Å². The molecule has 1 aliphatic heterocycles. The van der Waals surface area contributed by atoms with Crippen LogP contribution in [0.15, 0.2) is 65.6 Å². The van der Waals surface area contributed by atoms with Crippen molar-refractivity contribution in [2.75, 3.05) is 48.9 Å². The molecule has 4 aromatic rings. The Morgan fingerprint density at radius 2 is 1.55 bits per heavy atom. The summed E-state index contributed by atoms with van der Waals surface area (Å²) in [5.41, 5.74) is 5.47. The lowest BCUT2D eigenvalue weighted by molar-refractivity contribution is 0.0948. The zero-order valence-corrected chi connectivity index (χ0v) is 25.3. The molecule has 0 unspecified atom stereocenters. The van der Waals surface area contributed by atoms with Crippen molar-refractivity contribution in [2.45, 2.75) is 25.7 Å². The second-order valence-electron chi connectivity index (χ2n) is 9.95. The number of carbonyl (C=O) groups is 1. The van der Waals surface area contributed by atoms with Crippen LogP contribution in [0.3, 0.4) is 0 Å². The van der Waals surface area contributed by atoms with Gasteiger partial charge in [0.05, 0.1) is 15.1 Å². The van der Waals surface area contributed by atoms with E-state index in [0.717, 1.165) is 48.9 Å². The van der Waals surface area contributed by atoms with Crippen molar-refractivity contribution in [1.82, 2.24) is 15.2 Å². The third-order valence-corrected chi connectivity index (χ3v) is 9.67. The number of sulfonamides is 1. The molecular weight excluding hydrogens is 566 g/mol. The predicted octanol–water partition coefficient (Wildman–Crippen LogP) is 5.00. The number of hydrogen-bond donors (Lipinski definition) is 2. The number of rotatable bonds is 8. The number of fused-ring (bicyclic) bond motifs is 1. The second-order valence-corrected chi connectivity index (χ2v) is 12.6. The van der Waals surface area contributed by atoms with Crippen LogP contribution < -0.4 is 14.9 Å². The van der Waals surface area contributed by atoms with Crippen LogP contribution in [-0.4, -0.2) is 63.5 Å². The number of carbonyl (C=O) groups excluding carboxylic acids is 1. The number of aryl methyl sites for hydroxylation is 3. The molecule has 2 N–H and O–H groups in total. The van der Waals surface area contributed by atoms with Crippen LogP contribution in [0, 0.1) is 20.8 Å². The van der Waals surface area contributed by atoms with Gasteiger partial charge in [0.25, 0.3) is 15.9 Å². The van der Waals surface area contributed by atoms with Gasteiger partial charge in [-0.2, -0.15) is 0 Å². The Hall–Kier alpha value is -3.18. The van der Waals surface area contributed by atoms with Gasteiger partial charge < -0.3 is 10.2 Å². The number of nitrogens with zero attached hydrogens (tertiary/aromatic N) is 3. The summed E-state index contributed by atoms with van der Waals surface area (Å²) in [6.45, 7) is 11.1. The number of nitrogens with one attached hydrogen (secondary N) is 2. The average Bonchev–Trinajstić information content (AvgIpc) is 3.39. The van der Waals surface area contributed by atoms with Crippen LogP contribution in [0.5, 0.6) is 0 Å². The molecule has 1 aliphatic rings. The summed E-state index contributed by atoms with van der Waals surface area (Å²) in [5, 5.41) is 4.06. The van der Waals surface area contributed by atoms with Crippen molar-refractivity contribution in [3.63, 3.8) is 0 Å². The van der Waals surface area contributed by atoms with Gasteiger partial charge in [-0.25, -0.2) is 13.4 Å². The van der Waals surface area contributed by atoms with E-state index in [1.54, 1.807) is 59.9 Å². The largest absolute Gasteiger partial charge is 0.351 e. The van der Waals surface area contributed by atoms with Gasteiger partial charge in [0.1, 0.15) is 0 Å². The van der Waals surface area contributed by atoms with Crippen LogP contribution in [-0.2, 0) is 10.0 Å². The van der Waals surface area contributed by atoms with Crippen LogP contribution in [0.4, 0.5) is 10.8 Å². The van der Waals surface area contributed by atoms with Gasteiger partial charge in [-0.3, -0.25) is 14.4 Å². The van der Waals surface area contributed by atoms with E-state index in [2.05, 4.69) is 45.8 Å². The number of piperazine rings is 1. The molecule has 1 saturated heterocycles. The first-order valence-corrected chi connectivity index (χ1v) is 15.3. The summed E-state index contributed by atoms with van der Waals surface area (Å²) in [5.74, 6) is -0.179. The zero-order valence-electron chi connectivity index (χ0n) is 22.8. The molecule has 3 aromatic carbocycles. The fourth-order valence-corrected chi connectivity index (χ4v) is 6.82. The predicted molar refractivity (Wildman–Crippen MR) is 166 cm³/mol. The maximum atomic E-state index is 12.6. The van der Waals surface area contributed by atoms with Crippen molar-refractivity contribution in [3.8, 4) is 0 Å². The Morgan fingerprint density at radius 3 is 2.20 bits per heavy atom.